The number of amides is 1. The van der Waals surface area contributed by atoms with E-state index in [-0.39, 0.29) is 25.0 Å². The molecule has 1 rings (SSSR count). The molecule has 7 heteroatoms. The van der Waals surface area contributed by atoms with E-state index < -0.39 is 5.97 Å². The van der Waals surface area contributed by atoms with Crippen LogP contribution in [0.1, 0.15) is 20.3 Å². The van der Waals surface area contributed by atoms with Crippen molar-refractivity contribution in [1.29, 1.82) is 0 Å². The van der Waals surface area contributed by atoms with Gasteiger partial charge >= 0.3 is 5.97 Å². The van der Waals surface area contributed by atoms with Crippen LogP contribution in [0.25, 0.3) is 0 Å². The summed E-state index contributed by atoms with van der Waals surface area (Å²) in [5.74, 6) is -0.597. The summed E-state index contributed by atoms with van der Waals surface area (Å²) in [5, 5.41) is 8.80. The van der Waals surface area contributed by atoms with Gasteiger partial charge in [-0.15, -0.1) is 0 Å². The summed E-state index contributed by atoms with van der Waals surface area (Å²) >= 11 is 6.69. The number of carboxylic acids is 1. The van der Waals surface area contributed by atoms with Gasteiger partial charge in [-0.25, -0.2) is 0 Å². The smallest absolute Gasteiger partial charge is 0.305 e. The van der Waals surface area contributed by atoms with E-state index in [1.165, 1.54) is 4.90 Å². The molecule has 1 unspecified atom stereocenters. The van der Waals surface area contributed by atoms with Crippen LogP contribution >= 0.6 is 31.9 Å². The molecule has 0 aliphatic rings. The van der Waals surface area contributed by atoms with E-state index in [1.54, 1.807) is 13.0 Å². The minimum atomic E-state index is -0.926. The Labute approximate surface area is 140 Å². The van der Waals surface area contributed by atoms with Crippen molar-refractivity contribution < 1.29 is 19.4 Å². The molecule has 0 heterocycles. The van der Waals surface area contributed by atoms with Gasteiger partial charge in [-0.3, -0.25) is 9.59 Å². The number of rotatable bonds is 7. The molecule has 1 aromatic rings. The lowest BCUT2D eigenvalue weighted by Gasteiger charge is -2.27. The number of hydrogen-bond donors (Lipinski definition) is 1. The number of carboxylic acid groups (broad SMARTS) is 1. The summed E-state index contributed by atoms with van der Waals surface area (Å²) in [6.07, 6.45) is -0.0818. The predicted octanol–water partition coefficient (Wildman–Crippen LogP) is 3.30. The first-order valence-electron chi connectivity index (χ1n) is 6.44. The number of carbonyl (C=O) groups is 2. The van der Waals surface area contributed by atoms with E-state index in [2.05, 4.69) is 31.9 Å². The Morgan fingerprint density at radius 3 is 2.57 bits per heavy atom. The third-order valence-corrected chi connectivity index (χ3v) is 4.02. The second-order valence-electron chi connectivity index (χ2n) is 4.49. The highest BCUT2D eigenvalue weighted by Crippen LogP contribution is 2.28. The molecule has 0 spiro atoms. The van der Waals surface area contributed by atoms with Gasteiger partial charge in [0.2, 0.25) is 0 Å². The first-order chi connectivity index (χ1) is 9.85. The SMILES string of the molecule is CCN(C(=O)COc1ccc(Br)cc1Br)C(C)CC(=O)O. The maximum atomic E-state index is 12.1. The van der Waals surface area contributed by atoms with Crippen molar-refractivity contribution in [3.8, 4) is 5.75 Å². The maximum Gasteiger partial charge on any atom is 0.305 e. The summed E-state index contributed by atoms with van der Waals surface area (Å²) < 4.78 is 7.13. The molecule has 116 valence electrons. The second-order valence-corrected chi connectivity index (χ2v) is 6.26. The van der Waals surface area contributed by atoms with Crippen LogP contribution in [0.4, 0.5) is 0 Å². The molecular weight excluding hydrogens is 406 g/mol. The Morgan fingerprint density at radius 2 is 2.05 bits per heavy atom. The van der Waals surface area contributed by atoms with Crippen molar-refractivity contribution in [2.75, 3.05) is 13.2 Å². The van der Waals surface area contributed by atoms with Crippen molar-refractivity contribution in [1.82, 2.24) is 4.90 Å². The van der Waals surface area contributed by atoms with Gasteiger partial charge in [-0.2, -0.15) is 0 Å². The zero-order chi connectivity index (χ0) is 16.0. The van der Waals surface area contributed by atoms with Crippen molar-refractivity contribution >= 4 is 43.7 Å². The number of benzene rings is 1. The maximum absolute atomic E-state index is 12.1. The molecule has 0 aromatic heterocycles. The van der Waals surface area contributed by atoms with Gasteiger partial charge in [0.05, 0.1) is 10.9 Å². The van der Waals surface area contributed by atoms with Crippen LogP contribution in [-0.4, -0.2) is 41.1 Å². The number of halogens is 2. The molecule has 21 heavy (non-hydrogen) atoms. The summed E-state index contributed by atoms with van der Waals surface area (Å²) in [7, 11) is 0. The number of nitrogens with zero attached hydrogens (tertiary/aromatic N) is 1. The van der Waals surface area contributed by atoms with Gasteiger partial charge in [0, 0.05) is 17.1 Å². The third-order valence-electron chi connectivity index (χ3n) is 2.91. The Hall–Kier alpha value is -1.08. The highest BCUT2D eigenvalue weighted by Gasteiger charge is 2.21. The standard InChI is InChI=1S/C14H17Br2NO4/c1-3-17(9(2)6-14(19)20)13(18)8-21-12-5-4-10(15)7-11(12)16/h4-5,7,9H,3,6,8H2,1-2H3,(H,19,20). The second kappa shape index (κ2) is 8.38. The van der Waals surface area contributed by atoms with E-state index in [0.717, 1.165) is 8.95 Å². The zero-order valence-corrected chi connectivity index (χ0v) is 15.0. The molecule has 0 radical (unpaired) electrons. The molecule has 1 N–H and O–H groups in total. The molecule has 0 saturated carbocycles. The van der Waals surface area contributed by atoms with Crippen molar-refractivity contribution in [3.05, 3.63) is 27.1 Å². The third kappa shape index (κ3) is 5.67. The number of aliphatic carboxylic acids is 1. The number of hydrogen-bond acceptors (Lipinski definition) is 3. The van der Waals surface area contributed by atoms with Crippen LogP contribution in [0.15, 0.2) is 27.1 Å². The lowest BCUT2D eigenvalue weighted by molar-refractivity contribution is -0.141. The van der Waals surface area contributed by atoms with E-state index in [9.17, 15) is 9.59 Å². The molecule has 0 aliphatic carbocycles. The Kier molecular flexibility index (Phi) is 7.17. The minimum absolute atomic E-state index is 0.0818. The lowest BCUT2D eigenvalue weighted by Crippen LogP contribution is -2.42. The van der Waals surface area contributed by atoms with E-state index in [4.69, 9.17) is 9.84 Å². The van der Waals surface area contributed by atoms with Crippen LogP contribution in [0.3, 0.4) is 0 Å². The average Bonchev–Trinajstić information content (AvgIpc) is 2.37. The Bertz CT molecular complexity index is 522. The van der Waals surface area contributed by atoms with Crippen LogP contribution in [0.2, 0.25) is 0 Å². The highest BCUT2D eigenvalue weighted by molar-refractivity contribution is 9.11. The molecule has 1 amide bonds. The number of carbonyl (C=O) groups excluding carboxylic acids is 1. The molecule has 0 fully saturated rings. The Morgan fingerprint density at radius 1 is 1.38 bits per heavy atom. The van der Waals surface area contributed by atoms with Crippen LogP contribution in [-0.2, 0) is 9.59 Å². The van der Waals surface area contributed by atoms with Crippen LogP contribution < -0.4 is 4.74 Å². The van der Waals surface area contributed by atoms with Gasteiger partial charge in [0.1, 0.15) is 5.75 Å². The highest BCUT2D eigenvalue weighted by atomic mass is 79.9. The summed E-state index contributed by atoms with van der Waals surface area (Å²) in [5.41, 5.74) is 0. The topological polar surface area (TPSA) is 66.8 Å². The normalized spacial score (nSPS) is 11.8. The molecular formula is C14H17Br2NO4. The van der Waals surface area contributed by atoms with Crippen molar-refractivity contribution in [2.45, 2.75) is 26.3 Å². The van der Waals surface area contributed by atoms with Crippen LogP contribution in [0.5, 0.6) is 5.75 Å². The average molecular weight is 423 g/mol. The quantitative estimate of drug-likeness (QED) is 0.731. The molecule has 0 aliphatic heterocycles. The zero-order valence-electron chi connectivity index (χ0n) is 11.8. The predicted molar refractivity (Wildman–Crippen MR) is 86.4 cm³/mol. The summed E-state index contributed by atoms with van der Waals surface area (Å²) in [6.45, 7) is 3.84. The number of likely N-dealkylation sites (N-methyl/N-ethyl adjacent to an activating group) is 1. The van der Waals surface area contributed by atoms with Gasteiger partial charge < -0.3 is 14.7 Å². The van der Waals surface area contributed by atoms with E-state index in [1.807, 2.05) is 19.1 Å². The van der Waals surface area contributed by atoms with Gasteiger partial charge in [0.25, 0.3) is 5.91 Å². The van der Waals surface area contributed by atoms with E-state index >= 15 is 0 Å². The molecule has 5 nitrogen and oxygen atoms in total. The fraction of sp³-hybridized carbons (Fsp3) is 0.429. The van der Waals surface area contributed by atoms with Crippen molar-refractivity contribution in [3.63, 3.8) is 0 Å². The first-order valence-corrected chi connectivity index (χ1v) is 8.02. The fourth-order valence-corrected chi connectivity index (χ4v) is 3.07. The lowest BCUT2D eigenvalue weighted by atomic mass is 10.2. The van der Waals surface area contributed by atoms with Gasteiger partial charge in [-0.05, 0) is 48.0 Å². The summed E-state index contributed by atoms with van der Waals surface area (Å²) in [4.78, 5) is 24.4. The first kappa shape index (κ1) is 18.0. The Balaban J connectivity index is 2.64. The summed E-state index contributed by atoms with van der Waals surface area (Å²) in [6, 6.07) is 5.02. The molecule has 1 atom stereocenters. The molecule has 0 saturated heterocycles. The van der Waals surface area contributed by atoms with Crippen LogP contribution in [0, 0.1) is 0 Å². The molecule has 0 bridgehead atoms. The fourth-order valence-electron chi connectivity index (χ4n) is 1.91. The molecule has 1 aromatic carbocycles. The van der Waals surface area contributed by atoms with Gasteiger partial charge in [-0.1, -0.05) is 15.9 Å². The monoisotopic (exact) mass is 421 g/mol. The number of ether oxygens (including phenoxy) is 1. The van der Waals surface area contributed by atoms with Crippen molar-refractivity contribution in [2.24, 2.45) is 0 Å². The van der Waals surface area contributed by atoms with E-state index in [0.29, 0.717) is 12.3 Å². The largest absolute Gasteiger partial charge is 0.483 e. The van der Waals surface area contributed by atoms with Gasteiger partial charge in [0.15, 0.2) is 6.61 Å². The minimum Gasteiger partial charge on any atom is -0.483 e.